The molecule has 2 aromatic rings. The van der Waals surface area contributed by atoms with Gasteiger partial charge in [-0.15, -0.1) is 0 Å². The van der Waals surface area contributed by atoms with Gasteiger partial charge in [-0.1, -0.05) is 37.8 Å². The van der Waals surface area contributed by atoms with Crippen molar-refractivity contribution in [1.82, 2.24) is 0 Å². The lowest BCUT2D eigenvalue weighted by Crippen LogP contribution is -2.05. The standard InChI is InChI=1S/C22H25FO3/c1-2-25-22(24)18-11-14-21(20(23)15-18)26-19-12-9-17(10-13-19)16-7-5-3-4-6-8-16/h9-16H,2-8H2,1H3. The normalized spacial score (nSPS) is 15.3. The number of carbonyl (C=O) groups excluding carboxylic acids is 1. The zero-order chi connectivity index (χ0) is 18.4. The summed E-state index contributed by atoms with van der Waals surface area (Å²) in [5.41, 5.74) is 1.51. The molecule has 26 heavy (non-hydrogen) atoms. The van der Waals surface area contributed by atoms with Crippen molar-refractivity contribution in [2.75, 3.05) is 6.61 Å². The Morgan fingerprint density at radius 2 is 1.73 bits per heavy atom. The fourth-order valence-corrected chi connectivity index (χ4v) is 3.47. The van der Waals surface area contributed by atoms with E-state index >= 15 is 0 Å². The van der Waals surface area contributed by atoms with E-state index in [1.807, 2.05) is 12.1 Å². The summed E-state index contributed by atoms with van der Waals surface area (Å²) in [7, 11) is 0. The molecule has 0 saturated heterocycles. The molecule has 0 aromatic heterocycles. The van der Waals surface area contributed by atoms with Gasteiger partial charge in [0.25, 0.3) is 0 Å². The first kappa shape index (κ1) is 18.4. The molecule has 0 amide bonds. The largest absolute Gasteiger partial charge is 0.462 e. The second-order valence-corrected chi connectivity index (χ2v) is 6.73. The van der Waals surface area contributed by atoms with Crippen molar-refractivity contribution >= 4 is 5.97 Å². The first-order valence-corrected chi connectivity index (χ1v) is 9.42. The number of hydrogen-bond donors (Lipinski definition) is 0. The van der Waals surface area contributed by atoms with Crippen LogP contribution >= 0.6 is 0 Å². The van der Waals surface area contributed by atoms with Crippen molar-refractivity contribution in [3.8, 4) is 11.5 Å². The fourth-order valence-electron chi connectivity index (χ4n) is 3.47. The van der Waals surface area contributed by atoms with Crippen molar-refractivity contribution in [2.24, 2.45) is 0 Å². The third-order valence-electron chi connectivity index (χ3n) is 4.88. The fraction of sp³-hybridized carbons (Fsp3) is 0.409. The van der Waals surface area contributed by atoms with Gasteiger partial charge in [0.05, 0.1) is 12.2 Å². The van der Waals surface area contributed by atoms with Crippen LogP contribution in [0.2, 0.25) is 0 Å². The molecule has 1 aliphatic carbocycles. The predicted molar refractivity (Wildman–Crippen MR) is 99.3 cm³/mol. The molecule has 0 atom stereocenters. The summed E-state index contributed by atoms with van der Waals surface area (Å²) >= 11 is 0. The molecule has 0 N–H and O–H groups in total. The van der Waals surface area contributed by atoms with Gasteiger partial charge in [0, 0.05) is 0 Å². The molecular formula is C22H25FO3. The van der Waals surface area contributed by atoms with Gasteiger partial charge in [-0.05, 0) is 61.6 Å². The molecule has 4 heteroatoms. The Morgan fingerprint density at radius 3 is 2.35 bits per heavy atom. The van der Waals surface area contributed by atoms with Gasteiger partial charge in [0.15, 0.2) is 11.6 Å². The van der Waals surface area contributed by atoms with Gasteiger partial charge in [0.1, 0.15) is 5.75 Å². The van der Waals surface area contributed by atoms with E-state index in [1.54, 1.807) is 6.92 Å². The quantitative estimate of drug-likeness (QED) is 0.470. The number of esters is 1. The highest BCUT2D eigenvalue weighted by molar-refractivity contribution is 5.89. The number of ether oxygens (including phenoxy) is 2. The Balaban J connectivity index is 1.68. The van der Waals surface area contributed by atoms with Crippen LogP contribution in [0.15, 0.2) is 42.5 Å². The minimum atomic E-state index is -0.580. The topological polar surface area (TPSA) is 35.5 Å². The van der Waals surface area contributed by atoms with Crippen LogP contribution < -0.4 is 4.74 Å². The van der Waals surface area contributed by atoms with Crippen molar-refractivity contribution in [1.29, 1.82) is 0 Å². The van der Waals surface area contributed by atoms with E-state index in [2.05, 4.69) is 12.1 Å². The first-order chi connectivity index (χ1) is 12.7. The Bertz CT molecular complexity index is 732. The summed E-state index contributed by atoms with van der Waals surface area (Å²) in [6.07, 6.45) is 7.73. The Labute approximate surface area is 154 Å². The Hall–Kier alpha value is -2.36. The third kappa shape index (κ3) is 4.63. The van der Waals surface area contributed by atoms with Gasteiger partial charge in [-0.3, -0.25) is 0 Å². The Morgan fingerprint density at radius 1 is 1.04 bits per heavy atom. The van der Waals surface area contributed by atoms with Gasteiger partial charge in [-0.2, -0.15) is 0 Å². The molecule has 2 aromatic carbocycles. The van der Waals surface area contributed by atoms with Gasteiger partial charge in [-0.25, -0.2) is 9.18 Å². The van der Waals surface area contributed by atoms with Crippen molar-refractivity contribution in [3.05, 3.63) is 59.4 Å². The highest BCUT2D eigenvalue weighted by atomic mass is 19.1. The third-order valence-corrected chi connectivity index (χ3v) is 4.88. The maximum absolute atomic E-state index is 14.2. The van der Waals surface area contributed by atoms with E-state index in [4.69, 9.17) is 9.47 Å². The molecule has 0 bridgehead atoms. The summed E-state index contributed by atoms with van der Waals surface area (Å²) in [6.45, 7) is 1.97. The number of halogens is 1. The average Bonchev–Trinajstić information content (AvgIpc) is 2.93. The molecule has 0 spiro atoms. The molecule has 0 heterocycles. The number of rotatable bonds is 5. The number of carbonyl (C=O) groups is 1. The van der Waals surface area contributed by atoms with E-state index in [0.717, 1.165) is 6.07 Å². The van der Waals surface area contributed by atoms with Crippen LogP contribution in [-0.4, -0.2) is 12.6 Å². The number of hydrogen-bond acceptors (Lipinski definition) is 3. The summed E-state index contributed by atoms with van der Waals surface area (Å²) < 4.78 is 24.7. The zero-order valence-corrected chi connectivity index (χ0v) is 15.2. The van der Waals surface area contributed by atoms with Crippen LogP contribution in [0.5, 0.6) is 11.5 Å². The maximum Gasteiger partial charge on any atom is 0.338 e. The Kier molecular flexibility index (Phi) is 6.26. The van der Waals surface area contributed by atoms with Crippen LogP contribution in [0, 0.1) is 5.82 Å². The van der Waals surface area contributed by atoms with Crippen LogP contribution in [0.3, 0.4) is 0 Å². The van der Waals surface area contributed by atoms with Gasteiger partial charge < -0.3 is 9.47 Å². The van der Waals surface area contributed by atoms with Crippen LogP contribution in [0.1, 0.15) is 67.3 Å². The molecule has 1 saturated carbocycles. The maximum atomic E-state index is 14.2. The van der Waals surface area contributed by atoms with Crippen LogP contribution in [0.4, 0.5) is 4.39 Å². The highest BCUT2D eigenvalue weighted by Gasteiger charge is 2.15. The molecule has 0 unspecified atom stereocenters. The first-order valence-electron chi connectivity index (χ1n) is 9.42. The molecule has 3 nitrogen and oxygen atoms in total. The summed E-state index contributed by atoms with van der Waals surface area (Å²) in [6, 6.07) is 12.1. The van der Waals surface area contributed by atoms with Gasteiger partial charge in [0.2, 0.25) is 0 Å². The summed E-state index contributed by atoms with van der Waals surface area (Å²) in [4.78, 5) is 11.6. The van der Waals surface area contributed by atoms with E-state index in [-0.39, 0.29) is 17.9 Å². The second-order valence-electron chi connectivity index (χ2n) is 6.73. The smallest absolute Gasteiger partial charge is 0.338 e. The molecule has 0 radical (unpaired) electrons. The molecular weight excluding hydrogens is 331 g/mol. The van der Waals surface area contributed by atoms with Crippen molar-refractivity contribution in [3.63, 3.8) is 0 Å². The van der Waals surface area contributed by atoms with Crippen molar-refractivity contribution < 1.29 is 18.7 Å². The zero-order valence-electron chi connectivity index (χ0n) is 15.2. The molecule has 138 valence electrons. The lowest BCUT2D eigenvalue weighted by molar-refractivity contribution is 0.0525. The monoisotopic (exact) mass is 356 g/mol. The average molecular weight is 356 g/mol. The molecule has 1 aliphatic rings. The number of benzene rings is 2. The second kappa shape index (κ2) is 8.84. The SMILES string of the molecule is CCOC(=O)c1ccc(Oc2ccc(C3CCCCCC3)cc2)c(F)c1. The lowest BCUT2D eigenvalue weighted by atomic mass is 9.92. The molecule has 3 rings (SSSR count). The summed E-state index contributed by atoms with van der Waals surface area (Å²) in [5.74, 6) is 0.187. The van der Waals surface area contributed by atoms with Crippen LogP contribution in [-0.2, 0) is 4.74 Å². The minimum Gasteiger partial charge on any atom is -0.462 e. The van der Waals surface area contributed by atoms with E-state index in [0.29, 0.717) is 11.7 Å². The van der Waals surface area contributed by atoms with Crippen LogP contribution in [0.25, 0.3) is 0 Å². The molecule has 1 fully saturated rings. The highest BCUT2D eigenvalue weighted by Crippen LogP contribution is 2.33. The lowest BCUT2D eigenvalue weighted by Gasteiger charge is -2.15. The van der Waals surface area contributed by atoms with E-state index in [1.165, 1.54) is 56.2 Å². The molecule has 0 aliphatic heterocycles. The van der Waals surface area contributed by atoms with Crippen molar-refractivity contribution in [2.45, 2.75) is 51.4 Å². The summed E-state index contributed by atoms with van der Waals surface area (Å²) in [5, 5.41) is 0. The van der Waals surface area contributed by atoms with E-state index < -0.39 is 11.8 Å². The van der Waals surface area contributed by atoms with E-state index in [9.17, 15) is 9.18 Å². The minimum absolute atomic E-state index is 0.0975. The van der Waals surface area contributed by atoms with Gasteiger partial charge >= 0.3 is 5.97 Å². The predicted octanol–water partition coefficient (Wildman–Crippen LogP) is 6.23.